The highest BCUT2D eigenvalue weighted by Gasteiger charge is 2.23. The van der Waals surface area contributed by atoms with Gasteiger partial charge in [0.15, 0.2) is 5.11 Å². The zero-order valence-corrected chi connectivity index (χ0v) is 12.0. The molecule has 5 heteroatoms. The lowest BCUT2D eigenvalue weighted by Gasteiger charge is -2.34. The predicted molar refractivity (Wildman–Crippen MR) is 82.2 cm³/mol. The van der Waals surface area contributed by atoms with Gasteiger partial charge in [-0.25, -0.2) is 0 Å². The van der Waals surface area contributed by atoms with Gasteiger partial charge in [-0.15, -0.1) is 0 Å². The summed E-state index contributed by atoms with van der Waals surface area (Å²) in [6, 6.07) is 7.55. The number of hydrogen-bond acceptors (Lipinski definition) is 2. The molecule has 0 atom stereocenters. The van der Waals surface area contributed by atoms with Crippen LogP contribution >= 0.6 is 12.2 Å². The van der Waals surface area contributed by atoms with Crippen LogP contribution in [0.2, 0.25) is 0 Å². The summed E-state index contributed by atoms with van der Waals surface area (Å²) in [5, 5.41) is 6.65. The van der Waals surface area contributed by atoms with Crippen LogP contribution in [0.3, 0.4) is 0 Å². The molecule has 1 aromatic carbocycles. The third-order valence-corrected chi connectivity index (χ3v) is 3.05. The van der Waals surface area contributed by atoms with Gasteiger partial charge < -0.3 is 10.6 Å². The Kier molecular flexibility index (Phi) is 3.57. The van der Waals surface area contributed by atoms with E-state index in [9.17, 15) is 4.79 Å². The van der Waals surface area contributed by atoms with E-state index in [1.807, 2.05) is 35.4 Å². The Balaban J connectivity index is 2.19. The van der Waals surface area contributed by atoms with Crippen LogP contribution < -0.4 is 15.5 Å². The minimum atomic E-state index is -0.121. The molecule has 0 spiro atoms. The molecule has 0 saturated heterocycles. The molecule has 4 nitrogen and oxygen atoms in total. The number of hydrogen-bond donors (Lipinski definition) is 2. The first-order valence-corrected chi connectivity index (χ1v) is 6.47. The van der Waals surface area contributed by atoms with Crippen LogP contribution in [0.5, 0.6) is 0 Å². The number of nitrogens with zero attached hydrogens (tertiary/aromatic N) is 1. The van der Waals surface area contributed by atoms with Gasteiger partial charge in [0.25, 0.3) is 0 Å². The molecule has 2 N–H and O–H groups in total. The quantitative estimate of drug-likeness (QED) is 0.814. The Bertz CT molecular complexity index is 534. The fourth-order valence-corrected chi connectivity index (χ4v) is 2.25. The van der Waals surface area contributed by atoms with E-state index >= 15 is 0 Å². The summed E-state index contributed by atoms with van der Waals surface area (Å²) in [7, 11) is 0. The lowest BCUT2D eigenvalue weighted by Crippen LogP contribution is -2.51. The first-order valence-electron chi connectivity index (χ1n) is 6.06. The topological polar surface area (TPSA) is 44.4 Å². The van der Waals surface area contributed by atoms with E-state index in [0.717, 1.165) is 11.4 Å². The lowest BCUT2D eigenvalue weighted by atomic mass is 10.0. The van der Waals surface area contributed by atoms with Crippen LogP contribution in [-0.4, -0.2) is 16.6 Å². The van der Waals surface area contributed by atoms with E-state index in [1.54, 1.807) is 0 Å². The van der Waals surface area contributed by atoms with E-state index in [4.69, 9.17) is 12.2 Å². The molecule has 0 fully saturated rings. The Morgan fingerprint density at radius 3 is 2.47 bits per heavy atom. The molecule has 0 aliphatic carbocycles. The van der Waals surface area contributed by atoms with Gasteiger partial charge in [-0.1, -0.05) is 0 Å². The summed E-state index contributed by atoms with van der Waals surface area (Å²) in [4.78, 5) is 12.9. The van der Waals surface area contributed by atoms with Crippen molar-refractivity contribution in [2.75, 3.05) is 10.2 Å². The smallest absolute Gasteiger partial charge is 0.221 e. The number of carbonyl (C=O) groups is 1. The molecule has 1 aromatic rings. The average molecular weight is 275 g/mol. The van der Waals surface area contributed by atoms with Crippen molar-refractivity contribution in [1.82, 2.24) is 5.32 Å². The molecular formula is C14H17N3OS. The van der Waals surface area contributed by atoms with E-state index in [0.29, 0.717) is 5.11 Å². The molecule has 1 amide bonds. The maximum Gasteiger partial charge on any atom is 0.221 e. The van der Waals surface area contributed by atoms with Crippen molar-refractivity contribution in [2.24, 2.45) is 0 Å². The van der Waals surface area contributed by atoms with Gasteiger partial charge in [0.05, 0.1) is 5.54 Å². The van der Waals surface area contributed by atoms with Crippen molar-refractivity contribution in [3.05, 3.63) is 36.5 Å². The zero-order valence-electron chi connectivity index (χ0n) is 11.2. The van der Waals surface area contributed by atoms with Crippen molar-refractivity contribution in [1.29, 1.82) is 0 Å². The Labute approximate surface area is 118 Å². The number of benzene rings is 1. The van der Waals surface area contributed by atoms with Gasteiger partial charge in [-0.05, 0) is 56.4 Å². The molecule has 1 aliphatic heterocycles. The molecule has 0 unspecified atom stereocenters. The van der Waals surface area contributed by atoms with Gasteiger partial charge in [0.2, 0.25) is 5.91 Å². The molecule has 1 heterocycles. The van der Waals surface area contributed by atoms with Gasteiger partial charge in [0, 0.05) is 24.5 Å². The van der Waals surface area contributed by atoms with E-state index in [-0.39, 0.29) is 11.4 Å². The molecule has 2 rings (SSSR count). The number of thiocarbonyl (C=S) groups is 1. The summed E-state index contributed by atoms with van der Waals surface area (Å²) in [6.45, 7) is 5.61. The number of nitrogens with one attached hydrogen (secondary N) is 2. The normalized spacial score (nSPS) is 17.0. The third-order valence-electron chi connectivity index (χ3n) is 2.75. The number of amides is 1. The number of carbonyl (C=O) groups excluding carboxylic acids is 1. The summed E-state index contributed by atoms with van der Waals surface area (Å²) in [5.41, 5.74) is 1.61. The van der Waals surface area contributed by atoms with Crippen LogP contribution in [0.25, 0.3) is 0 Å². The number of rotatable bonds is 2. The van der Waals surface area contributed by atoms with Crippen molar-refractivity contribution in [3.63, 3.8) is 0 Å². The first-order chi connectivity index (χ1) is 8.87. The fourth-order valence-electron chi connectivity index (χ4n) is 1.82. The monoisotopic (exact) mass is 275 g/mol. The standard InChI is InChI=1S/C14H17N3OS/c1-10(18)15-11-4-6-12(7-5-11)17-9-8-14(2,3)16-13(17)19/h4-9H,1-3H3,(H,15,18)(H,16,19). The highest BCUT2D eigenvalue weighted by Crippen LogP contribution is 2.22. The van der Waals surface area contributed by atoms with E-state index in [2.05, 4.69) is 30.6 Å². The van der Waals surface area contributed by atoms with Crippen LogP contribution in [0, 0.1) is 0 Å². The molecule has 0 radical (unpaired) electrons. The maximum absolute atomic E-state index is 11.0. The second kappa shape index (κ2) is 5.01. The number of anilines is 2. The highest BCUT2D eigenvalue weighted by molar-refractivity contribution is 7.80. The van der Waals surface area contributed by atoms with Gasteiger partial charge in [-0.3, -0.25) is 9.69 Å². The highest BCUT2D eigenvalue weighted by atomic mass is 32.1. The molecule has 0 bridgehead atoms. The first kappa shape index (κ1) is 13.5. The van der Waals surface area contributed by atoms with Gasteiger partial charge in [-0.2, -0.15) is 0 Å². The van der Waals surface area contributed by atoms with E-state index in [1.165, 1.54) is 6.92 Å². The van der Waals surface area contributed by atoms with Crippen LogP contribution in [0.4, 0.5) is 11.4 Å². The minimum absolute atomic E-state index is 0.0791. The molecule has 0 aromatic heterocycles. The summed E-state index contributed by atoms with van der Waals surface area (Å²) >= 11 is 5.35. The molecule has 1 aliphatic rings. The lowest BCUT2D eigenvalue weighted by molar-refractivity contribution is -0.114. The van der Waals surface area contributed by atoms with Gasteiger partial charge in [0.1, 0.15) is 0 Å². The third kappa shape index (κ3) is 3.32. The zero-order chi connectivity index (χ0) is 14.0. The Morgan fingerprint density at radius 1 is 1.32 bits per heavy atom. The summed E-state index contributed by atoms with van der Waals surface area (Å²) < 4.78 is 0. The molecule has 0 saturated carbocycles. The average Bonchev–Trinajstić information content (AvgIpc) is 2.29. The van der Waals surface area contributed by atoms with Gasteiger partial charge >= 0.3 is 0 Å². The second-order valence-electron chi connectivity index (χ2n) is 5.07. The minimum Gasteiger partial charge on any atom is -0.354 e. The summed E-state index contributed by atoms with van der Waals surface area (Å²) in [5.74, 6) is -0.0791. The SMILES string of the molecule is CC(=O)Nc1ccc(N2C=CC(C)(C)NC2=S)cc1. The Hall–Kier alpha value is -1.88. The second-order valence-corrected chi connectivity index (χ2v) is 5.45. The molecule has 19 heavy (non-hydrogen) atoms. The predicted octanol–water partition coefficient (Wildman–Crippen LogP) is 2.63. The van der Waals surface area contributed by atoms with Crippen molar-refractivity contribution >= 4 is 34.6 Å². The van der Waals surface area contributed by atoms with Crippen molar-refractivity contribution in [2.45, 2.75) is 26.3 Å². The van der Waals surface area contributed by atoms with Crippen molar-refractivity contribution < 1.29 is 4.79 Å². The Morgan fingerprint density at radius 2 is 1.95 bits per heavy atom. The van der Waals surface area contributed by atoms with Crippen LogP contribution in [0.15, 0.2) is 36.5 Å². The summed E-state index contributed by atoms with van der Waals surface area (Å²) in [6.07, 6.45) is 4.02. The van der Waals surface area contributed by atoms with E-state index < -0.39 is 0 Å². The molecular weight excluding hydrogens is 258 g/mol. The largest absolute Gasteiger partial charge is 0.354 e. The van der Waals surface area contributed by atoms with Crippen molar-refractivity contribution in [3.8, 4) is 0 Å². The van der Waals surface area contributed by atoms with Crippen LogP contribution in [0.1, 0.15) is 20.8 Å². The fraction of sp³-hybridized carbons (Fsp3) is 0.286. The molecule has 100 valence electrons. The maximum atomic E-state index is 11.0. The van der Waals surface area contributed by atoms with Crippen LogP contribution in [-0.2, 0) is 4.79 Å².